The van der Waals surface area contributed by atoms with E-state index in [-0.39, 0.29) is 11.6 Å². The Balaban J connectivity index is 1.76. The second-order valence-electron chi connectivity index (χ2n) is 5.35. The molecule has 0 aliphatic carbocycles. The largest absolute Gasteiger partial charge is 0.481 e. The first kappa shape index (κ1) is 16.9. The van der Waals surface area contributed by atoms with E-state index in [0.717, 1.165) is 22.7 Å². The lowest BCUT2D eigenvalue weighted by molar-refractivity contribution is -0.138. The number of nitrogens with one attached hydrogen (secondary N) is 1. The second-order valence-corrected chi connectivity index (χ2v) is 6.54. The molecule has 3 rings (SSSR count). The third-order valence-corrected chi connectivity index (χ3v) is 4.54. The normalized spacial score (nSPS) is 19.0. The summed E-state index contributed by atoms with van der Waals surface area (Å²) >= 11 is 1.02. The zero-order valence-corrected chi connectivity index (χ0v) is 13.9. The Bertz CT molecular complexity index is 979. The number of nitrogens with zero attached hydrogens (tertiary/aromatic N) is 2. The first-order chi connectivity index (χ1) is 11.9. The molecule has 0 saturated carbocycles. The fourth-order valence-corrected chi connectivity index (χ4v) is 3.23. The smallest absolute Gasteiger partial charge is 0.336 e. The minimum atomic E-state index is -1.05. The van der Waals surface area contributed by atoms with Gasteiger partial charge in [-0.2, -0.15) is 5.10 Å². The molecule has 2 N–H and O–H groups in total. The van der Waals surface area contributed by atoms with Gasteiger partial charge in [0.2, 0.25) is 5.91 Å². The number of aliphatic carboxylic acids is 1. The number of carbonyl (C=O) groups excluding carboxylic acids is 1. The van der Waals surface area contributed by atoms with E-state index in [1.165, 1.54) is 12.3 Å². The number of carboxylic acid groups (broad SMARTS) is 1. The minimum Gasteiger partial charge on any atom is -0.481 e. The molecular weight excluding hydrogens is 346 g/mol. The molecule has 25 heavy (non-hydrogen) atoms. The lowest BCUT2D eigenvalue weighted by Gasteiger charge is -2.00. The van der Waals surface area contributed by atoms with Gasteiger partial charge in [0.1, 0.15) is 10.8 Å². The number of amides is 1. The van der Waals surface area contributed by atoms with Crippen LogP contribution in [0.3, 0.4) is 0 Å². The maximum Gasteiger partial charge on any atom is 0.336 e. The van der Waals surface area contributed by atoms with Crippen molar-refractivity contribution in [3.8, 4) is 0 Å². The fraction of sp³-hybridized carbons (Fsp3) is 0.188. The van der Waals surface area contributed by atoms with Crippen molar-refractivity contribution in [1.29, 1.82) is 0 Å². The van der Waals surface area contributed by atoms with Crippen LogP contribution in [0.4, 0.5) is 0 Å². The van der Waals surface area contributed by atoms with Crippen LogP contribution in [0.15, 0.2) is 43.7 Å². The van der Waals surface area contributed by atoms with Crippen LogP contribution in [0.2, 0.25) is 0 Å². The van der Waals surface area contributed by atoms with Gasteiger partial charge in [-0.25, -0.2) is 4.79 Å². The highest BCUT2D eigenvalue weighted by Gasteiger charge is 2.32. The fourth-order valence-electron chi connectivity index (χ4n) is 2.31. The number of rotatable bonds is 4. The molecule has 2 heterocycles. The van der Waals surface area contributed by atoms with E-state index in [1.54, 1.807) is 12.1 Å². The summed E-state index contributed by atoms with van der Waals surface area (Å²) in [5.41, 5.74) is 1.52. The van der Waals surface area contributed by atoms with E-state index in [0.29, 0.717) is 11.1 Å². The molecule has 0 bridgehead atoms. The third kappa shape index (κ3) is 3.94. The van der Waals surface area contributed by atoms with Crippen molar-refractivity contribution >= 4 is 46.0 Å². The van der Waals surface area contributed by atoms with Crippen molar-refractivity contribution in [2.45, 2.75) is 18.6 Å². The molecule has 0 spiro atoms. The molecule has 1 aromatic heterocycles. The highest BCUT2D eigenvalue weighted by atomic mass is 32.2. The number of hydrogen-bond donors (Lipinski definition) is 2. The van der Waals surface area contributed by atoms with Gasteiger partial charge in [0.05, 0.1) is 12.6 Å². The van der Waals surface area contributed by atoms with E-state index >= 15 is 0 Å². The third-order valence-electron chi connectivity index (χ3n) is 3.47. The molecule has 1 atom stereocenters. The Labute approximate surface area is 145 Å². The van der Waals surface area contributed by atoms with Crippen LogP contribution in [0, 0.1) is 6.92 Å². The second kappa shape index (κ2) is 6.89. The van der Waals surface area contributed by atoms with Gasteiger partial charge in [0.15, 0.2) is 5.17 Å². The average Bonchev–Trinajstić information content (AvgIpc) is 2.86. The molecule has 0 radical (unpaired) electrons. The van der Waals surface area contributed by atoms with Crippen LogP contribution >= 0.6 is 11.8 Å². The quantitative estimate of drug-likeness (QED) is 0.485. The SMILES string of the molecule is Cc1cc(=O)oc2cc(C=NN=C3NC(=O)C(CC(=O)O)S3)ccc12. The molecule has 1 aliphatic heterocycles. The van der Waals surface area contributed by atoms with Gasteiger partial charge in [0.25, 0.3) is 0 Å². The van der Waals surface area contributed by atoms with Gasteiger partial charge >= 0.3 is 11.6 Å². The van der Waals surface area contributed by atoms with Crippen LogP contribution in [0.1, 0.15) is 17.5 Å². The summed E-state index contributed by atoms with van der Waals surface area (Å²) in [5.74, 6) is -1.45. The van der Waals surface area contributed by atoms with Crippen molar-refractivity contribution in [1.82, 2.24) is 5.32 Å². The summed E-state index contributed by atoms with van der Waals surface area (Å²) in [4.78, 5) is 33.7. The number of thioether (sulfide) groups is 1. The average molecular weight is 359 g/mol. The summed E-state index contributed by atoms with van der Waals surface area (Å²) in [5, 5.41) is 19.3. The van der Waals surface area contributed by atoms with Crippen molar-refractivity contribution < 1.29 is 19.1 Å². The van der Waals surface area contributed by atoms with Crippen molar-refractivity contribution in [3.05, 3.63) is 45.8 Å². The van der Waals surface area contributed by atoms with Crippen molar-refractivity contribution in [2.24, 2.45) is 10.2 Å². The molecular formula is C16H13N3O5S. The van der Waals surface area contributed by atoms with E-state index in [9.17, 15) is 14.4 Å². The Morgan fingerprint density at radius 1 is 1.40 bits per heavy atom. The van der Waals surface area contributed by atoms with Gasteiger partial charge < -0.3 is 14.8 Å². The van der Waals surface area contributed by atoms with Crippen LogP contribution in [0.25, 0.3) is 11.0 Å². The molecule has 1 aliphatic rings. The maximum absolute atomic E-state index is 11.6. The summed E-state index contributed by atoms with van der Waals surface area (Å²) in [7, 11) is 0. The first-order valence-electron chi connectivity index (χ1n) is 7.27. The van der Waals surface area contributed by atoms with Gasteiger partial charge in [-0.05, 0) is 24.1 Å². The number of benzene rings is 1. The summed E-state index contributed by atoms with van der Waals surface area (Å²) in [6.07, 6.45) is 1.17. The number of carbonyl (C=O) groups is 2. The number of amidine groups is 1. The summed E-state index contributed by atoms with van der Waals surface area (Å²) in [6.45, 7) is 1.83. The Hall–Kier alpha value is -2.94. The van der Waals surface area contributed by atoms with Crippen molar-refractivity contribution in [2.75, 3.05) is 0 Å². The van der Waals surface area contributed by atoms with E-state index in [2.05, 4.69) is 15.5 Å². The highest BCUT2D eigenvalue weighted by Crippen LogP contribution is 2.22. The van der Waals surface area contributed by atoms with Crippen LogP contribution in [-0.4, -0.2) is 33.6 Å². The van der Waals surface area contributed by atoms with E-state index in [1.807, 2.05) is 13.0 Å². The number of carboxylic acids is 1. The predicted octanol–water partition coefficient (Wildman–Crippen LogP) is 1.50. The monoisotopic (exact) mass is 359 g/mol. The standard InChI is InChI=1S/C16H13N3O5S/c1-8-4-14(22)24-11-5-9(2-3-10(8)11)7-17-19-16-18-15(23)12(25-16)6-13(20)21/h2-5,7,12H,6H2,1H3,(H,20,21)(H,18,19,23). The van der Waals surface area contributed by atoms with Gasteiger partial charge in [-0.15, -0.1) is 5.10 Å². The number of hydrogen-bond acceptors (Lipinski definition) is 7. The van der Waals surface area contributed by atoms with Crippen LogP contribution in [0.5, 0.6) is 0 Å². The Morgan fingerprint density at radius 2 is 2.20 bits per heavy atom. The van der Waals surface area contributed by atoms with Crippen LogP contribution in [-0.2, 0) is 9.59 Å². The van der Waals surface area contributed by atoms with E-state index < -0.39 is 22.8 Å². The summed E-state index contributed by atoms with van der Waals surface area (Å²) in [6, 6.07) is 6.71. The molecule has 1 fully saturated rings. The zero-order valence-electron chi connectivity index (χ0n) is 13.1. The molecule has 2 aromatic rings. The molecule has 8 nitrogen and oxygen atoms in total. The first-order valence-corrected chi connectivity index (χ1v) is 8.15. The Kier molecular flexibility index (Phi) is 4.66. The molecule has 1 aromatic carbocycles. The lowest BCUT2D eigenvalue weighted by atomic mass is 10.1. The highest BCUT2D eigenvalue weighted by molar-refractivity contribution is 8.15. The molecule has 1 unspecified atom stereocenters. The van der Waals surface area contributed by atoms with Gasteiger partial charge in [0, 0.05) is 11.5 Å². The number of aryl methyl sites for hydroxylation is 1. The van der Waals surface area contributed by atoms with Gasteiger partial charge in [-0.3, -0.25) is 9.59 Å². The molecule has 1 saturated heterocycles. The van der Waals surface area contributed by atoms with Crippen molar-refractivity contribution in [3.63, 3.8) is 0 Å². The van der Waals surface area contributed by atoms with Gasteiger partial charge in [-0.1, -0.05) is 23.9 Å². The Morgan fingerprint density at radius 3 is 2.96 bits per heavy atom. The molecule has 1 amide bonds. The topological polar surface area (TPSA) is 121 Å². The predicted molar refractivity (Wildman–Crippen MR) is 94.0 cm³/mol. The summed E-state index contributed by atoms with van der Waals surface area (Å²) < 4.78 is 5.16. The molecule has 128 valence electrons. The zero-order chi connectivity index (χ0) is 18.0. The maximum atomic E-state index is 11.6. The number of fused-ring (bicyclic) bond motifs is 1. The van der Waals surface area contributed by atoms with Crippen LogP contribution < -0.4 is 10.9 Å². The lowest BCUT2D eigenvalue weighted by Crippen LogP contribution is -2.26. The minimum absolute atomic E-state index is 0.246. The van der Waals surface area contributed by atoms with E-state index in [4.69, 9.17) is 9.52 Å². The molecule has 9 heteroatoms.